The van der Waals surface area contributed by atoms with Crippen LogP contribution in [0.5, 0.6) is 5.75 Å². The van der Waals surface area contributed by atoms with Crippen LogP contribution in [0, 0.1) is 0 Å². The molecule has 3 nitrogen and oxygen atoms in total. The molecule has 1 aliphatic rings. The number of phenolic OH excluding ortho intramolecular Hbond substituents is 1. The van der Waals surface area contributed by atoms with E-state index in [-0.39, 0.29) is 11.7 Å². The molecule has 1 aliphatic heterocycles. The summed E-state index contributed by atoms with van der Waals surface area (Å²) in [6.45, 7) is 3.01. The van der Waals surface area contributed by atoms with Gasteiger partial charge in [0.15, 0.2) is 0 Å². The van der Waals surface area contributed by atoms with Crippen LogP contribution in [0.4, 0.5) is 0 Å². The molecule has 1 fully saturated rings. The van der Waals surface area contributed by atoms with Gasteiger partial charge in [0, 0.05) is 12.6 Å². The molecule has 0 unspecified atom stereocenters. The molecule has 0 saturated carbocycles. The fraction of sp³-hybridized carbons (Fsp3) is 0.500. The second-order valence-electron chi connectivity index (χ2n) is 4.78. The largest absolute Gasteiger partial charge is 0.508 e. The van der Waals surface area contributed by atoms with Crippen molar-refractivity contribution in [2.45, 2.75) is 38.6 Å². The van der Waals surface area contributed by atoms with Crippen molar-refractivity contribution in [1.29, 1.82) is 0 Å². The molecule has 0 spiro atoms. The molecule has 0 radical (unpaired) electrons. The Bertz CT molecular complexity index is 386. The highest BCUT2D eigenvalue weighted by Crippen LogP contribution is 2.18. The summed E-state index contributed by atoms with van der Waals surface area (Å²) in [5, 5.41) is 9.19. The molecule has 92 valence electrons. The summed E-state index contributed by atoms with van der Waals surface area (Å²) in [5.41, 5.74) is 0.963. The Morgan fingerprint density at radius 3 is 2.71 bits per heavy atom. The highest BCUT2D eigenvalue weighted by molar-refractivity contribution is 5.79. The van der Waals surface area contributed by atoms with Crippen LogP contribution in [-0.2, 0) is 11.2 Å². The quantitative estimate of drug-likeness (QED) is 0.851. The van der Waals surface area contributed by atoms with E-state index < -0.39 is 0 Å². The molecule has 17 heavy (non-hydrogen) atoms. The van der Waals surface area contributed by atoms with E-state index >= 15 is 0 Å². The summed E-state index contributed by atoms with van der Waals surface area (Å²) >= 11 is 0. The van der Waals surface area contributed by atoms with Gasteiger partial charge in [0.25, 0.3) is 0 Å². The predicted octanol–water partition coefficient (Wildman–Crippen LogP) is 2.34. The minimum absolute atomic E-state index is 0.197. The molecule has 1 saturated heterocycles. The maximum Gasteiger partial charge on any atom is 0.227 e. The van der Waals surface area contributed by atoms with Crippen molar-refractivity contribution in [2.24, 2.45) is 0 Å². The monoisotopic (exact) mass is 233 g/mol. The normalized spacial score (nSPS) is 20.3. The number of carbonyl (C=O) groups is 1. The number of benzene rings is 1. The van der Waals surface area contributed by atoms with Gasteiger partial charge in [-0.15, -0.1) is 0 Å². The third-order valence-corrected chi connectivity index (χ3v) is 3.42. The van der Waals surface area contributed by atoms with E-state index in [1.165, 1.54) is 6.42 Å². The van der Waals surface area contributed by atoms with E-state index in [0.717, 1.165) is 24.9 Å². The maximum absolute atomic E-state index is 12.1. The first kappa shape index (κ1) is 12.0. The van der Waals surface area contributed by atoms with E-state index in [1.807, 2.05) is 17.0 Å². The molecule has 1 aromatic rings. The summed E-state index contributed by atoms with van der Waals surface area (Å²) in [7, 11) is 0. The van der Waals surface area contributed by atoms with Crippen molar-refractivity contribution >= 4 is 5.91 Å². The molecular formula is C14H19NO2. The Kier molecular flexibility index (Phi) is 3.67. The van der Waals surface area contributed by atoms with Crippen LogP contribution in [0.15, 0.2) is 24.3 Å². The Labute approximate surface area is 102 Å². The number of phenols is 1. The van der Waals surface area contributed by atoms with Crippen molar-refractivity contribution < 1.29 is 9.90 Å². The predicted molar refractivity (Wildman–Crippen MR) is 66.8 cm³/mol. The molecule has 1 heterocycles. The summed E-state index contributed by atoms with van der Waals surface area (Å²) in [5.74, 6) is 0.440. The first-order valence-corrected chi connectivity index (χ1v) is 6.24. The second-order valence-corrected chi connectivity index (χ2v) is 4.78. The van der Waals surface area contributed by atoms with Crippen molar-refractivity contribution in [3.05, 3.63) is 29.8 Å². The lowest BCUT2D eigenvalue weighted by molar-refractivity contribution is -0.133. The standard InChI is InChI=1S/C14H19NO2/c1-11-4-2-3-9-15(11)14(17)10-12-5-7-13(16)8-6-12/h5-8,11,16H,2-4,9-10H2,1H3/t11-/m0/s1. The van der Waals surface area contributed by atoms with Crippen LogP contribution < -0.4 is 0 Å². The van der Waals surface area contributed by atoms with Gasteiger partial charge >= 0.3 is 0 Å². The zero-order valence-corrected chi connectivity index (χ0v) is 10.2. The average Bonchev–Trinajstić information content (AvgIpc) is 2.32. The number of rotatable bonds is 2. The molecule has 2 rings (SSSR count). The van der Waals surface area contributed by atoms with Crippen LogP contribution in [-0.4, -0.2) is 28.5 Å². The van der Waals surface area contributed by atoms with E-state index in [1.54, 1.807) is 12.1 Å². The fourth-order valence-electron chi connectivity index (χ4n) is 2.36. The van der Waals surface area contributed by atoms with Crippen LogP contribution in [0.3, 0.4) is 0 Å². The van der Waals surface area contributed by atoms with Crippen molar-refractivity contribution in [3.8, 4) is 5.75 Å². The van der Waals surface area contributed by atoms with Gasteiger partial charge in [-0.3, -0.25) is 4.79 Å². The Morgan fingerprint density at radius 2 is 2.06 bits per heavy atom. The van der Waals surface area contributed by atoms with E-state index in [9.17, 15) is 9.90 Å². The van der Waals surface area contributed by atoms with Crippen molar-refractivity contribution in [3.63, 3.8) is 0 Å². The highest BCUT2D eigenvalue weighted by Gasteiger charge is 2.22. The van der Waals surface area contributed by atoms with Crippen LogP contribution in [0.25, 0.3) is 0 Å². The number of aromatic hydroxyl groups is 1. The molecule has 1 N–H and O–H groups in total. The third-order valence-electron chi connectivity index (χ3n) is 3.42. The fourth-order valence-corrected chi connectivity index (χ4v) is 2.36. The average molecular weight is 233 g/mol. The molecule has 3 heteroatoms. The van der Waals surface area contributed by atoms with Gasteiger partial charge in [-0.1, -0.05) is 12.1 Å². The number of amides is 1. The Hall–Kier alpha value is -1.51. The van der Waals surface area contributed by atoms with Gasteiger partial charge in [0.1, 0.15) is 5.75 Å². The second kappa shape index (κ2) is 5.21. The van der Waals surface area contributed by atoms with E-state index in [4.69, 9.17) is 0 Å². The minimum Gasteiger partial charge on any atom is -0.508 e. The van der Waals surface area contributed by atoms with Gasteiger partial charge in [0.05, 0.1) is 6.42 Å². The molecule has 1 aromatic carbocycles. The Morgan fingerprint density at radius 1 is 1.35 bits per heavy atom. The molecule has 0 bridgehead atoms. The first-order chi connectivity index (χ1) is 8.16. The van der Waals surface area contributed by atoms with Crippen LogP contribution >= 0.6 is 0 Å². The van der Waals surface area contributed by atoms with Gasteiger partial charge in [0.2, 0.25) is 5.91 Å². The molecule has 1 atom stereocenters. The number of piperidine rings is 1. The third kappa shape index (κ3) is 2.99. The minimum atomic E-state index is 0.197. The van der Waals surface area contributed by atoms with E-state index in [0.29, 0.717) is 12.5 Å². The molecule has 1 amide bonds. The summed E-state index contributed by atoms with van der Waals surface area (Å²) in [6, 6.07) is 7.24. The number of carbonyl (C=O) groups excluding carboxylic acids is 1. The summed E-state index contributed by atoms with van der Waals surface area (Å²) < 4.78 is 0. The SMILES string of the molecule is C[C@H]1CCCCN1C(=O)Cc1ccc(O)cc1. The zero-order chi connectivity index (χ0) is 12.3. The number of likely N-dealkylation sites (tertiary alicyclic amines) is 1. The molecular weight excluding hydrogens is 214 g/mol. The van der Waals surface area contributed by atoms with Gasteiger partial charge in [-0.2, -0.15) is 0 Å². The van der Waals surface area contributed by atoms with E-state index in [2.05, 4.69) is 6.92 Å². The lowest BCUT2D eigenvalue weighted by atomic mass is 10.0. The van der Waals surface area contributed by atoms with Gasteiger partial charge < -0.3 is 10.0 Å². The summed E-state index contributed by atoms with van der Waals surface area (Å²) in [6.07, 6.45) is 3.89. The Balaban J connectivity index is 1.98. The smallest absolute Gasteiger partial charge is 0.227 e. The molecule has 0 aromatic heterocycles. The van der Waals surface area contributed by atoms with Crippen molar-refractivity contribution in [1.82, 2.24) is 4.90 Å². The zero-order valence-electron chi connectivity index (χ0n) is 10.2. The van der Waals surface area contributed by atoms with Gasteiger partial charge in [-0.25, -0.2) is 0 Å². The lowest BCUT2D eigenvalue weighted by Gasteiger charge is -2.33. The molecule has 0 aliphatic carbocycles. The topological polar surface area (TPSA) is 40.5 Å². The van der Waals surface area contributed by atoms with Gasteiger partial charge in [-0.05, 0) is 43.9 Å². The first-order valence-electron chi connectivity index (χ1n) is 6.24. The summed E-state index contributed by atoms with van der Waals surface area (Å²) in [4.78, 5) is 14.1. The highest BCUT2D eigenvalue weighted by atomic mass is 16.3. The van der Waals surface area contributed by atoms with Crippen LogP contribution in [0.2, 0.25) is 0 Å². The number of nitrogens with zero attached hydrogens (tertiary/aromatic N) is 1. The lowest BCUT2D eigenvalue weighted by Crippen LogP contribution is -2.42. The number of hydrogen-bond donors (Lipinski definition) is 1. The number of hydrogen-bond acceptors (Lipinski definition) is 2. The van der Waals surface area contributed by atoms with Crippen LogP contribution in [0.1, 0.15) is 31.7 Å². The maximum atomic E-state index is 12.1. The van der Waals surface area contributed by atoms with Crippen molar-refractivity contribution in [2.75, 3.05) is 6.54 Å².